The quantitative estimate of drug-likeness (QED) is 0.122. The van der Waals surface area contributed by atoms with E-state index in [4.69, 9.17) is 14.2 Å². The SMILES string of the molecule is COc1ccnc(C(=O)Nc2ccc3cc(-c4cccc(-c5cc(OC)c(OC(C)=O)c(C(=O)Nc6ccc7cc(Br)ccc7n6)n5)c4)ccc3n2)c1O. The summed E-state index contributed by atoms with van der Waals surface area (Å²) in [4.78, 5) is 56.4. The van der Waals surface area contributed by atoms with E-state index in [9.17, 15) is 19.5 Å². The number of esters is 1. The van der Waals surface area contributed by atoms with Crippen LogP contribution in [-0.4, -0.2) is 57.0 Å². The smallest absolute Gasteiger partial charge is 0.308 e. The number of nitrogens with one attached hydrogen (secondary N) is 2. The first-order chi connectivity index (χ1) is 26.1. The maximum absolute atomic E-state index is 13.8. The van der Waals surface area contributed by atoms with Crippen LogP contribution in [0.4, 0.5) is 11.6 Å². The lowest BCUT2D eigenvalue weighted by molar-refractivity contribution is -0.132. The molecule has 0 radical (unpaired) electrons. The minimum Gasteiger partial charge on any atom is -0.503 e. The molecule has 0 aliphatic heterocycles. The molecule has 268 valence electrons. The number of nitrogens with zero attached hydrogens (tertiary/aromatic N) is 4. The number of amides is 2. The Labute approximate surface area is 316 Å². The second kappa shape index (κ2) is 15.0. The Morgan fingerprint density at radius 1 is 0.667 bits per heavy atom. The van der Waals surface area contributed by atoms with E-state index in [0.29, 0.717) is 22.3 Å². The van der Waals surface area contributed by atoms with Gasteiger partial charge >= 0.3 is 5.97 Å². The van der Waals surface area contributed by atoms with E-state index in [1.807, 2.05) is 72.8 Å². The van der Waals surface area contributed by atoms with E-state index in [2.05, 4.69) is 46.5 Å². The van der Waals surface area contributed by atoms with Gasteiger partial charge in [-0.1, -0.05) is 40.2 Å². The third-order valence-electron chi connectivity index (χ3n) is 8.26. The molecule has 0 atom stereocenters. The van der Waals surface area contributed by atoms with Crippen molar-refractivity contribution in [3.63, 3.8) is 0 Å². The van der Waals surface area contributed by atoms with Crippen LogP contribution in [0.25, 0.3) is 44.2 Å². The molecule has 4 heterocycles. The lowest BCUT2D eigenvalue weighted by Crippen LogP contribution is -2.18. The third kappa shape index (κ3) is 7.36. The van der Waals surface area contributed by atoms with E-state index in [1.54, 1.807) is 18.2 Å². The number of carbonyl (C=O) groups is 3. The molecule has 14 heteroatoms. The fourth-order valence-electron chi connectivity index (χ4n) is 5.72. The van der Waals surface area contributed by atoms with Gasteiger partial charge in [-0.3, -0.25) is 14.4 Å². The molecule has 13 nitrogen and oxygen atoms in total. The standard InChI is InChI=1S/C40H29BrN6O7/c1-21(48)54-38-32(53-3)20-30(45-36(38)40(51)47-34-14-9-26-19-27(41)10-12-29(26)44-34)24-6-4-5-22(17-24)23-7-11-28-25(18-23)8-13-33(43-28)46-39(50)35-37(49)31(52-2)15-16-42-35/h4-20,49H,1-3H3,(H,43,46,50)(H,44,47,51). The minimum absolute atomic E-state index is 0.124. The highest BCUT2D eigenvalue weighted by Crippen LogP contribution is 2.37. The number of benzene rings is 3. The summed E-state index contributed by atoms with van der Waals surface area (Å²) in [6, 6.07) is 28.8. The van der Waals surface area contributed by atoms with Crippen LogP contribution in [0, 0.1) is 0 Å². The molecule has 0 bridgehead atoms. The zero-order chi connectivity index (χ0) is 37.9. The summed E-state index contributed by atoms with van der Waals surface area (Å²) < 4.78 is 17.0. The molecule has 7 rings (SSSR count). The molecule has 54 heavy (non-hydrogen) atoms. The van der Waals surface area contributed by atoms with Crippen molar-refractivity contribution < 1.29 is 33.7 Å². The number of rotatable bonds is 9. The number of fused-ring (bicyclic) bond motifs is 2. The normalized spacial score (nSPS) is 10.9. The zero-order valence-electron chi connectivity index (χ0n) is 28.9. The highest BCUT2D eigenvalue weighted by atomic mass is 79.9. The summed E-state index contributed by atoms with van der Waals surface area (Å²) in [5.41, 5.74) is 3.69. The Hall–Kier alpha value is -6.93. The van der Waals surface area contributed by atoms with Crippen molar-refractivity contribution in [2.75, 3.05) is 24.9 Å². The Balaban J connectivity index is 1.18. The Morgan fingerprint density at radius 2 is 1.30 bits per heavy atom. The van der Waals surface area contributed by atoms with Gasteiger partial charge in [0.25, 0.3) is 11.8 Å². The average molecular weight is 786 g/mol. The minimum atomic E-state index is -0.652. The van der Waals surface area contributed by atoms with Crippen LogP contribution in [0.1, 0.15) is 27.9 Å². The summed E-state index contributed by atoms with van der Waals surface area (Å²) in [6.07, 6.45) is 1.36. The monoisotopic (exact) mass is 784 g/mol. The van der Waals surface area contributed by atoms with Crippen molar-refractivity contribution in [2.45, 2.75) is 6.92 Å². The van der Waals surface area contributed by atoms with E-state index in [1.165, 1.54) is 33.4 Å². The molecule has 0 aliphatic carbocycles. The first kappa shape index (κ1) is 35.5. The molecule has 0 unspecified atom stereocenters. The summed E-state index contributed by atoms with van der Waals surface area (Å²) in [7, 11) is 2.79. The highest BCUT2D eigenvalue weighted by molar-refractivity contribution is 9.10. The van der Waals surface area contributed by atoms with E-state index < -0.39 is 17.8 Å². The van der Waals surface area contributed by atoms with Crippen LogP contribution in [0.5, 0.6) is 23.0 Å². The first-order valence-corrected chi connectivity index (χ1v) is 17.1. The summed E-state index contributed by atoms with van der Waals surface area (Å²) in [6.45, 7) is 1.23. The number of hydrogen-bond acceptors (Lipinski definition) is 11. The number of carbonyl (C=O) groups excluding carboxylic acids is 3. The number of aromatic nitrogens is 4. The highest BCUT2D eigenvalue weighted by Gasteiger charge is 2.24. The number of methoxy groups -OCH3 is 2. The molecule has 0 saturated heterocycles. The summed E-state index contributed by atoms with van der Waals surface area (Å²) in [5, 5.41) is 17.4. The third-order valence-corrected chi connectivity index (χ3v) is 8.75. The number of hydrogen-bond donors (Lipinski definition) is 3. The van der Waals surface area contributed by atoms with Gasteiger partial charge in [0, 0.05) is 46.1 Å². The van der Waals surface area contributed by atoms with Gasteiger partial charge in [0.2, 0.25) is 5.75 Å². The molecule has 3 aromatic carbocycles. The number of ether oxygens (including phenoxy) is 3. The van der Waals surface area contributed by atoms with Crippen molar-refractivity contribution >= 4 is 67.2 Å². The van der Waals surface area contributed by atoms with Gasteiger partial charge in [0.05, 0.1) is 30.9 Å². The van der Waals surface area contributed by atoms with Crippen molar-refractivity contribution in [2.24, 2.45) is 0 Å². The van der Waals surface area contributed by atoms with Gasteiger partial charge < -0.3 is 30.0 Å². The molecule has 0 aliphatic rings. The van der Waals surface area contributed by atoms with Crippen LogP contribution in [0.2, 0.25) is 0 Å². The maximum Gasteiger partial charge on any atom is 0.308 e. The fourth-order valence-corrected chi connectivity index (χ4v) is 6.10. The molecule has 0 saturated carbocycles. The van der Waals surface area contributed by atoms with Crippen LogP contribution >= 0.6 is 15.9 Å². The number of anilines is 2. The summed E-state index contributed by atoms with van der Waals surface area (Å²) >= 11 is 3.45. The van der Waals surface area contributed by atoms with Gasteiger partial charge in [-0.15, -0.1) is 0 Å². The molecule has 0 spiro atoms. The van der Waals surface area contributed by atoms with Crippen molar-refractivity contribution in [3.8, 4) is 45.4 Å². The van der Waals surface area contributed by atoms with Crippen LogP contribution in [0.3, 0.4) is 0 Å². The van der Waals surface area contributed by atoms with Gasteiger partial charge in [0.1, 0.15) is 11.6 Å². The van der Waals surface area contributed by atoms with Gasteiger partial charge in [0.15, 0.2) is 28.6 Å². The Kier molecular flexibility index (Phi) is 9.83. The second-order valence-electron chi connectivity index (χ2n) is 11.8. The van der Waals surface area contributed by atoms with Crippen molar-refractivity contribution in [1.82, 2.24) is 19.9 Å². The summed E-state index contributed by atoms with van der Waals surface area (Å²) in [5.74, 6) is -1.62. The van der Waals surface area contributed by atoms with Crippen molar-refractivity contribution in [1.29, 1.82) is 0 Å². The molecule has 4 aromatic heterocycles. The second-order valence-corrected chi connectivity index (χ2v) is 12.7. The first-order valence-electron chi connectivity index (χ1n) is 16.3. The number of aromatic hydroxyl groups is 1. The number of pyridine rings is 4. The number of halogens is 1. The van der Waals surface area contributed by atoms with Crippen LogP contribution < -0.4 is 24.8 Å². The Morgan fingerprint density at radius 3 is 1.98 bits per heavy atom. The van der Waals surface area contributed by atoms with E-state index in [-0.39, 0.29) is 46.0 Å². The lowest BCUT2D eigenvalue weighted by atomic mass is 9.99. The lowest BCUT2D eigenvalue weighted by Gasteiger charge is -2.15. The van der Waals surface area contributed by atoms with Crippen LogP contribution in [-0.2, 0) is 4.79 Å². The van der Waals surface area contributed by atoms with Crippen molar-refractivity contribution in [3.05, 3.63) is 119 Å². The molecule has 2 amide bonds. The Bertz CT molecular complexity index is 2630. The average Bonchev–Trinajstić information content (AvgIpc) is 3.17. The predicted octanol–water partition coefficient (Wildman–Crippen LogP) is 7.82. The van der Waals surface area contributed by atoms with Gasteiger partial charge in [-0.25, -0.2) is 19.9 Å². The maximum atomic E-state index is 13.8. The molecule has 0 fully saturated rings. The van der Waals surface area contributed by atoms with Gasteiger partial charge in [-0.2, -0.15) is 0 Å². The predicted molar refractivity (Wildman–Crippen MR) is 206 cm³/mol. The van der Waals surface area contributed by atoms with E-state index >= 15 is 0 Å². The van der Waals surface area contributed by atoms with E-state index in [0.717, 1.165) is 26.4 Å². The molecular weight excluding hydrogens is 756 g/mol. The largest absolute Gasteiger partial charge is 0.503 e. The van der Waals surface area contributed by atoms with Crippen LogP contribution in [0.15, 0.2) is 108 Å². The molecule has 7 aromatic rings. The molecule has 3 N–H and O–H groups in total. The fraction of sp³-hybridized carbons (Fsp3) is 0.0750. The molecular formula is C40H29BrN6O7. The topological polar surface area (TPSA) is 175 Å². The zero-order valence-corrected chi connectivity index (χ0v) is 30.5. The van der Waals surface area contributed by atoms with Gasteiger partial charge in [-0.05, 0) is 71.8 Å².